The van der Waals surface area contributed by atoms with Crippen molar-refractivity contribution >= 4 is 34.4 Å². The van der Waals surface area contributed by atoms with E-state index in [9.17, 15) is 4.79 Å². The molecule has 42 valence electrons. The smallest absolute Gasteiger partial charge is 0.266 e. The predicted octanol–water partition coefficient (Wildman–Crippen LogP) is 0.389. The predicted molar refractivity (Wildman–Crippen MR) is 34.7 cm³/mol. The summed E-state index contributed by atoms with van der Waals surface area (Å²) >= 11 is 3.04. The van der Waals surface area contributed by atoms with Gasteiger partial charge in [0.2, 0.25) is 0 Å². The van der Waals surface area contributed by atoms with Crippen LogP contribution in [0.15, 0.2) is 9.98 Å². The van der Waals surface area contributed by atoms with E-state index >= 15 is 0 Å². The first-order valence-corrected chi connectivity index (χ1v) is 2.96. The first-order valence-electron chi connectivity index (χ1n) is 2.04. The van der Waals surface area contributed by atoms with E-state index in [0.29, 0.717) is 0 Å². The maximum Gasteiger partial charge on any atom is 0.266 e. The molecule has 0 radical (unpaired) electrons. The van der Waals surface area contributed by atoms with Crippen molar-refractivity contribution in [1.82, 2.24) is 0 Å². The normalized spacial score (nSPS) is 26.6. The summed E-state index contributed by atoms with van der Waals surface area (Å²) in [5.41, 5.74) is 0. The Morgan fingerprint density at radius 1 is 1.75 bits per heavy atom. The molecule has 0 spiro atoms. The average Bonchev–Trinajstić information content (AvgIpc) is 1.77. The lowest BCUT2D eigenvalue weighted by Crippen LogP contribution is -2.15. The Morgan fingerprint density at radius 2 is 2.50 bits per heavy atom. The second-order valence-electron chi connectivity index (χ2n) is 1.28. The Bertz CT molecular complexity index is 163. The molecule has 1 aliphatic heterocycles. The van der Waals surface area contributed by atoms with Crippen LogP contribution < -0.4 is 0 Å². The molecule has 1 unspecified atom stereocenters. The Hall–Kier alpha value is -0.510. The molecule has 1 aliphatic rings. The largest absolute Gasteiger partial charge is 0.271 e. The van der Waals surface area contributed by atoms with Gasteiger partial charge in [-0.05, 0) is 0 Å². The number of amides is 1. The third-order valence-corrected chi connectivity index (χ3v) is 1.33. The molecule has 1 rings (SSSR count). The first-order chi connectivity index (χ1) is 3.80. The van der Waals surface area contributed by atoms with Crippen LogP contribution in [0.1, 0.15) is 0 Å². The van der Waals surface area contributed by atoms with Crippen molar-refractivity contribution in [3.8, 4) is 0 Å². The van der Waals surface area contributed by atoms with Gasteiger partial charge in [-0.25, -0.2) is 9.98 Å². The van der Waals surface area contributed by atoms with Crippen molar-refractivity contribution in [3.63, 3.8) is 0 Å². The van der Waals surface area contributed by atoms with Crippen LogP contribution in [0.2, 0.25) is 0 Å². The summed E-state index contributed by atoms with van der Waals surface area (Å²) in [5, 5.41) is 0. The van der Waals surface area contributed by atoms with Crippen molar-refractivity contribution in [2.75, 3.05) is 0 Å². The fourth-order valence-corrected chi connectivity index (χ4v) is 0.594. The van der Waals surface area contributed by atoms with Crippen LogP contribution in [0.25, 0.3) is 0 Å². The highest BCUT2D eigenvalue weighted by atomic mass is 79.9. The third-order valence-electron chi connectivity index (χ3n) is 0.705. The minimum absolute atomic E-state index is 0.194. The molecule has 0 fully saturated rings. The summed E-state index contributed by atoms with van der Waals surface area (Å²) in [4.78, 5) is 17.2. The Kier molecular flexibility index (Phi) is 1.53. The molecule has 0 saturated heterocycles. The number of carbonyl (C=O) groups is 1. The number of rotatable bonds is 0. The van der Waals surface area contributed by atoms with Gasteiger partial charge in [0.25, 0.3) is 5.91 Å². The minimum Gasteiger partial charge on any atom is -0.271 e. The molecule has 0 aromatic rings. The van der Waals surface area contributed by atoms with Gasteiger partial charge in [-0.2, -0.15) is 0 Å². The molecule has 1 heterocycles. The number of halogens is 1. The van der Waals surface area contributed by atoms with Gasteiger partial charge >= 0.3 is 0 Å². The third kappa shape index (κ3) is 1.01. The molecular weight excluding hydrogens is 172 g/mol. The fourth-order valence-electron chi connectivity index (χ4n) is 0.339. The van der Waals surface area contributed by atoms with E-state index in [1.807, 2.05) is 0 Å². The van der Waals surface area contributed by atoms with Gasteiger partial charge in [0, 0.05) is 6.21 Å². The van der Waals surface area contributed by atoms with Crippen molar-refractivity contribution in [2.45, 2.75) is 4.83 Å². The number of hydrogen-bond donors (Lipinski definition) is 0. The maximum absolute atomic E-state index is 10.5. The van der Waals surface area contributed by atoms with E-state index in [0.717, 1.165) is 0 Å². The van der Waals surface area contributed by atoms with Gasteiger partial charge in [-0.15, -0.1) is 0 Å². The Balaban J connectivity index is 2.74. The zero-order valence-electron chi connectivity index (χ0n) is 3.91. The van der Waals surface area contributed by atoms with Crippen LogP contribution in [0, 0.1) is 0 Å². The van der Waals surface area contributed by atoms with Gasteiger partial charge < -0.3 is 0 Å². The number of carbonyl (C=O) groups excluding carboxylic acids is 1. The summed E-state index contributed by atoms with van der Waals surface area (Å²) in [6.45, 7) is 0. The second-order valence-corrected chi connectivity index (χ2v) is 2.27. The Morgan fingerprint density at radius 3 is 2.88 bits per heavy atom. The van der Waals surface area contributed by atoms with Gasteiger partial charge in [0.05, 0.1) is 0 Å². The zero-order chi connectivity index (χ0) is 5.98. The van der Waals surface area contributed by atoms with Crippen LogP contribution in [-0.4, -0.2) is 23.3 Å². The highest BCUT2D eigenvalue weighted by molar-refractivity contribution is 9.10. The lowest BCUT2D eigenvalue weighted by molar-refractivity contribution is -0.116. The second kappa shape index (κ2) is 2.17. The molecule has 4 heteroatoms. The summed E-state index contributed by atoms with van der Waals surface area (Å²) in [7, 11) is 0. The highest BCUT2D eigenvalue weighted by Crippen LogP contribution is 2.00. The molecule has 0 aliphatic carbocycles. The van der Waals surface area contributed by atoms with E-state index in [4.69, 9.17) is 0 Å². The Labute approximate surface area is 54.6 Å². The number of alkyl halides is 1. The van der Waals surface area contributed by atoms with Crippen LogP contribution in [0.4, 0.5) is 0 Å². The van der Waals surface area contributed by atoms with Crippen molar-refractivity contribution in [1.29, 1.82) is 0 Å². The first kappa shape index (κ1) is 5.62. The maximum atomic E-state index is 10.5. The SMILES string of the molecule is O=C1N=CN=CC1Br. The van der Waals surface area contributed by atoms with Crippen LogP contribution in [-0.2, 0) is 4.79 Å². The molecule has 0 aromatic carbocycles. The zero-order valence-corrected chi connectivity index (χ0v) is 5.50. The molecule has 1 amide bonds. The molecule has 0 N–H and O–H groups in total. The molecule has 1 atom stereocenters. The summed E-state index contributed by atoms with van der Waals surface area (Å²) in [5.74, 6) is -0.194. The van der Waals surface area contributed by atoms with Crippen molar-refractivity contribution in [2.24, 2.45) is 9.98 Å². The minimum atomic E-state index is -0.313. The van der Waals surface area contributed by atoms with Gasteiger partial charge in [-0.3, -0.25) is 4.79 Å². The fraction of sp³-hybridized carbons (Fsp3) is 0.250. The summed E-state index contributed by atoms with van der Waals surface area (Å²) in [6, 6.07) is 0. The van der Waals surface area contributed by atoms with E-state index in [1.165, 1.54) is 12.6 Å². The van der Waals surface area contributed by atoms with Crippen molar-refractivity contribution < 1.29 is 4.79 Å². The number of aliphatic imine (C=N–C) groups is 2. The molecule has 0 bridgehead atoms. The monoisotopic (exact) mass is 174 g/mol. The van der Waals surface area contributed by atoms with E-state index < -0.39 is 0 Å². The molecule has 8 heavy (non-hydrogen) atoms. The lowest BCUT2D eigenvalue weighted by Gasteiger charge is -1.97. The topological polar surface area (TPSA) is 41.8 Å². The van der Waals surface area contributed by atoms with E-state index in [2.05, 4.69) is 25.9 Å². The van der Waals surface area contributed by atoms with Crippen molar-refractivity contribution in [3.05, 3.63) is 0 Å². The standard InChI is InChI=1S/C4H3BrN2O/c5-3-1-6-2-7-4(3)8/h1-3H. The molecule has 3 nitrogen and oxygen atoms in total. The van der Waals surface area contributed by atoms with Gasteiger partial charge in [-0.1, -0.05) is 15.9 Å². The van der Waals surface area contributed by atoms with E-state index in [-0.39, 0.29) is 10.7 Å². The highest BCUT2D eigenvalue weighted by Gasteiger charge is 2.11. The van der Waals surface area contributed by atoms with Crippen LogP contribution in [0.5, 0.6) is 0 Å². The quantitative estimate of drug-likeness (QED) is 0.491. The molecular formula is C4H3BrN2O. The van der Waals surface area contributed by atoms with Crippen LogP contribution >= 0.6 is 15.9 Å². The number of hydrogen-bond acceptors (Lipinski definition) is 2. The number of nitrogens with zero attached hydrogens (tertiary/aromatic N) is 2. The molecule has 0 aromatic heterocycles. The van der Waals surface area contributed by atoms with Gasteiger partial charge in [0.1, 0.15) is 11.2 Å². The van der Waals surface area contributed by atoms with Crippen LogP contribution in [0.3, 0.4) is 0 Å². The average molecular weight is 175 g/mol. The summed E-state index contributed by atoms with van der Waals surface area (Å²) < 4.78 is 0. The van der Waals surface area contributed by atoms with E-state index in [1.54, 1.807) is 0 Å². The molecule has 0 saturated carbocycles. The summed E-state index contributed by atoms with van der Waals surface area (Å²) in [6.07, 6.45) is 2.73. The lowest BCUT2D eigenvalue weighted by atomic mass is 10.4. The van der Waals surface area contributed by atoms with Gasteiger partial charge in [0.15, 0.2) is 0 Å².